The van der Waals surface area contributed by atoms with Crippen LogP contribution in [0, 0.1) is 6.92 Å². The number of para-hydroxylation sites is 2. The van der Waals surface area contributed by atoms with Gasteiger partial charge in [-0.25, -0.2) is 4.98 Å². The summed E-state index contributed by atoms with van der Waals surface area (Å²) >= 11 is 0. The van der Waals surface area contributed by atoms with Crippen molar-refractivity contribution in [3.8, 4) is 5.82 Å². The van der Waals surface area contributed by atoms with Crippen LogP contribution < -0.4 is 0 Å². The molecule has 0 aliphatic heterocycles. The zero-order valence-electron chi connectivity index (χ0n) is 10.3. The molecule has 3 aromatic rings. The number of fused-ring (bicyclic) bond motifs is 1. The predicted molar refractivity (Wildman–Crippen MR) is 68.5 cm³/mol. The number of hydrogen-bond donors (Lipinski definition) is 1. The van der Waals surface area contributed by atoms with Crippen molar-refractivity contribution in [2.75, 3.05) is 0 Å². The lowest BCUT2D eigenvalue weighted by Gasteiger charge is -2.07. The van der Waals surface area contributed by atoms with Crippen molar-refractivity contribution >= 4 is 11.0 Å². The Balaban J connectivity index is 2.33. The summed E-state index contributed by atoms with van der Waals surface area (Å²) in [6.07, 6.45) is 1.76. The number of aliphatic hydroxyl groups excluding tert-OH is 1. The van der Waals surface area contributed by atoms with E-state index in [-0.39, 0.29) is 6.61 Å². The van der Waals surface area contributed by atoms with Gasteiger partial charge >= 0.3 is 0 Å². The first-order chi connectivity index (χ1) is 8.72. The SMILES string of the molecule is Cc1nn(C)c(-n2cnc3ccccc32)c1CO. The van der Waals surface area contributed by atoms with Crippen LogP contribution in [-0.4, -0.2) is 24.4 Å². The van der Waals surface area contributed by atoms with E-state index >= 15 is 0 Å². The van der Waals surface area contributed by atoms with E-state index in [0.717, 1.165) is 28.1 Å². The van der Waals surface area contributed by atoms with Crippen molar-refractivity contribution in [2.24, 2.45) is 7.05 Å². The highest BCUT2D eigenvalue weighted by Crippen LogP contribution is 2.22. The lowest BCUT2D eigenvalue weighted by molar-refractivity contribution is 0.280. The molecule has 2 aromatic heterocycles. The molecule has 0 saturated carbocycles. The van der Waals surface area contributed by atoms with E-state index in [9.17, 15) is 5.11 Å². The molecular weight excluding hydrogens is 228 g/mol. The fraction of sp³-hybridized carbons (Fsp3) is 0.231. The highest BCUT2D eigenvalue weighted by molar-refractivity contribution is 5.77. The van der Waals surface area contributed by atoms with Crippen LogP contribution >= 0.6 is 0 Å². The van der Waals surface area contributed by atoms with Gasteiger partial charge in [-0.1, -0.05) is 12.1 Å². The van der Waals surface area contributed by atoms with Crippen LogP contribution in [0.4, 0.5) is 0 Å². The number of benzene rings is 1. The zero-order valence-corrected chi connectivity index (χ0v) is 10.3. The molecule has 2 heterocycles. The van der Waals surface area contributed by atoms with Gasteiger partial charge in [0.15, 0.2) is 0 Å². The van der Waals surface area contributed by atoms with E-state index in [2.05, 4.69) is 10.1 Å². The summed E-state index contributed by atoms with van der Waals surface area (Å²) < 4.78 is 3.73. The molecule has 5 heteroatoms. The van der Waals surface area contributed by atoms with E-state index in [1.165, 1.54) is 0 Å². The van der Waals surface area contributed by atoms with Crippen LogP contribution in [0.5, 0.6) is 0 Å². The fourth-order valence-electron chi connectivity index (χ4n) is 2.30. The van der Waals surface area contributed by atoms with Gasteiger partial charge in [-0.15, -0.1) is 0 Å². The van der Waals surface area contributed by atoms with Gasteiger partial charge in [-0.3, -0.25) is 9.25 Å². The van der Waals surface area contributed by atoms with Crippen molar-refractivity contribution in [1.82, 2.24) is 19.3 Å². The van der Waals surface area contributed by atoms with Crippen LogP contribution in [0.2, 0.25) is 0 Å². The summed E-state index contributed by atoms with van der Waals surface area (Å²) in [6.45, 7) is 1.87. The van der Waals surface area contributed by atoms with Gasteiger partial charge in [0, 0.05) is 12.6 Å². The summed E-state index contributed by atoms with van der Waals surface area (Å²) in [4.78, 5) is 4.36. The second kappa shape index (κ2) is 3.96. The first kappa shape index (κ1) is 11.0. The Morgan fingerprint density at radius 3 is 2.83 bits per heavy atom. The second-order valence-corrected chi connectivity index (χ2v) is 4.27. The summed E-state index contributed by atoms with van der Waals surface area (Å²) in [6, 6.07) is 7.91. The van der Waals surface area contributed by atoms with Crippen LogP contribution in [0.3, 0.4) is 0 Å². The predicted octanol–water partition coefficient (Wildman–Crippen LogP) is 1.56. The fourth-order valence-corrected chi connectivity index (χ4v) is 2.30. The first-order valence-corrected chi connectivity index (χ1v) is 5.78. The molecule has 92 valence electrons. The Kier molecular flexibility index (Phi) is 2.41. The van der Waals surface area contributed by atoms with Gasteiger partial charge in [0.25, 0.3) is 0 Å². The monoisotopic (exact) mass is 242 g/mol. The van der Waals surface area contributed by atoms with Crippen LogP contribution in [0.25, 0.3) is 16.9 Å². The third kappa shape index (κ3) is 1.44. The quantitative estimate of drug-likeness (QED) is 0.742. The van der Waals surface area contributed by atoms with Crippen LogP contribution in [0.1, 0.15) is 11.3 Å². The molecule has 0 radical (unpaired) electrons. The number of aliphatic hydroxyl groups is 1. The van der Waals surface area contributed by atoms with Gasteiger partial charge in [0.1, 0.15) is 12.1 Å². The van der Waals surface area contributed by atoms with Gasteiger partial charge in [-0.2, -0.15) is 5.10 Å². The Morgan fingerprint density at radius 2 is 2.06 bits per heavy atom. The summed E-state index contributed by atoms with van der Waals surface area (Å²) in [5.41, 5.74) is 3.61. The molecule has 0 atom stereocenters. The lowest BCUT2D eigenvalue weighted by atomic mass is 10.2. The van der Waals surface area contributed by atoms with Crippen molar-refractivity contribution in [2.45, 2.75) is 13.5 Å². The largest absolute Gasteiger partial charge is 0.391 e. The van der Waals surface area contributed by atoms with Gasteiger partial charge in [0.2, 0.25) is 0 Å². The Labute approximate surface area is 104 Å². The molecule has 5 nitrogen and oxygen atoms in total. The lowest BCUT2D eigenvalue weighted by Crippen LogP contribution is -2.04. The summed E-state index contributed by atoms with van der Waals surface area (Å²) in [5.74, 6) is 0.865. The Morgan fingerprint density at radius 1 is 1.28 bits per heavy atom. The van der Waals surface area contributed by atoms with Crippen molar-refractivity contribution in [1.29, 1.82) is 0 Å². The molecule has 0 bridgehead atoms. The third-order valence-corrected chi connectivity index (χ3v) is 3.15. The van der Waals surface area contributed by atoms with Crippen molar-refractivity contribution in [3.63, 3.8) is 0 Å². The maximum atomic E-state index is 9.50. The molecule has 0 amide bonds. The Hall–Kier alpha value is -2.14. The smallest absolute Gasteiger partial charge is 0.142 e. The average Bonchev–Trinajstić information content (AvgIpc) is 2.89. The molecule has 0 aliphatic rings. The summed E-state index contributed by atoms with van der Waals surface area (Å²) in [5, 5.41) is 13.8. The molecule has 3 rings (SSSR count). The number of imidazole rings is 1. The molecule has 1 N–H and O–H groups in total. The average molecular weight is 242 g/mol. The number of aryl methyl sites for hydroxylation is 2. The highest BCUT2D eigenvalue weighted by Gasteiger charge is 2.15. The second-order valence-electron chi connectivity index (χ2n) is 4.27. The van der Waals surface area contributed by atoms with Gasteiger partial charge in [-0.05, 0) is 19.1 Å². The minimum atomic E-state index is -0.0263. The maximum Gasteiger partial charge on any atom is 0.142 e. The number of aromatic nitrogens is 4. The minimum Gasteiger partial charge on any atom is -0.391 e. The molecular formula is C13H14N4O. The molecule has 0 aliphatic carbocycles. The number of rotatable bonds is 2. The Bertz CT molecular complexity index is 711. The number of nitrogens with zero attached hydrogens (tertiary/aromatic N) is 4. The molecule has 0 saturated heterocycles. The maximum absolute atomic E-state index is 9.50. The van der Waals surface area contributed by atoms with Crippen LogP contribution in [-0.2, 0) is 13.7 Å². The van der Waals surface area contributed by atoms with E-state index in [1.807, 2.05) is 42.8 Å². The topological polar surface area (TPSA) is 55.9 Å². The van der Waals surface area contributed by atoms with Gasteiger partial charge in [0.05, 0.1) is 23.3 Å². The summed E-state index contributed by atoms with van der Waals surface area (Å²) in [7, 11) is 1.87. The van der Waals surface area contributed by atoms with Crippen molar-refractivity contribution < 1.29 is 5.11 Å². The number of hydrogen-bond acceptors (Lipinski definition) is 3. The van der Waals surface area contributed by atoms with Crippen LogP contribution in [0.15, 0.2) is 30.6 Å². The highest BCUT2D eigenvalue weighted by atomic mass is 16.3. The van der Waals surface area contributed by atoms with E-state index in [4.69, 9.17) is 0 Å². The van der Waals surface area contributed by atoms with E-state index < -0.39 is 0 Å². The normalized spacial score (nSPS) is 11.3. The van der Waals surface area contributed by atoms with E-state index in [1.54, 1.807) is 11.0 Å². The van der Waals surface area contributed by atoms with Crippen molar-refractivity contribution in [3.05, 3.63) is 41.9 Å². The molecule has 0 unspecified atom stereocenters. The molecule has 18 heavy (non-hydrogen) atoms. The first-order valence-electron chi connectivity index (χ1n) is 5.78. The minimum absolute atomic E-state index is 0.0263. The van der Waals surface area contributed by atoms with Gasteiger partial charge < -0.3 is 5.11 Å². The molecule has 1 aromatic carbocycles. The standard InChI is InChI=1S/C13H14N4O/c1-9-10(7-18)13(16(2)15-9)17-8-14-11-5-3-4-6-12(11)17/h3-6,8,18H,7H2,1-2H3. The zero-order chi connectivity index (χ0) is 12.7. The molecule has 0 fully saturated rings. The third-order valence-electron chi connectivity index (χ3n) is 3.15. The van der Waals surface area contributed by atoms with E-state index in [0.29, 0.717) is 0 Å². The molecule has 0 spiro atoms.